The largest absolute Gasteiger partial charge is 0.493 e. The van der Waals surface area contributed by atoms with Crippen LogP contribution < -0.4 is 25.7 Å². The molecule has 0 aliphatic rings. The van der Waals surface area contributed by atoms with Gasteiger partial charge in [0.05, 0.1) is 21.3 Å². The van der Waals surface area contributed by atoms with Gasteiger partial charge in [0, 0.05) is 12.6 Å². The number of ether oxygens (including phenoxy) is 3. The van der Waals surface area contributed by atoms with Gasteiger partial charge in [-0.25, -0.2) is 0 Å². The minimum Gasteiger partial charge on any atom is -0.493 e. The first-order valence-corrected chi connectivity index (χ1v) is 4.93. The van der Waals surface area contributed by atoms with E-state index in [4.69, 9.17) is 25.7 Å². The maximum atomic E-state index is 5.86. The van der Waals surface area contributed by atoms with E-state index in [-0.39, 0.29) is 6.04 Å². The Morgan fingerprint density at radius 1 is 1.06 bits per heavy atom. The fourth-order valence-corrected chi connectivity index (χ4v) is 1.45. The first kappa shape index (κ1) is 12.6. The number of nitrogens with two attached hydrogens (primary N) is 2. The summed E-state index contributed by atoms with van der Waals surface area (Å²) in [5.74, 6) is 1.72. The Morgan fingerprint density at radius 3 is 1.88 bits per heavy atom. The zero-order valence-electron chi connectivity index (χ0n) is 9.82. The lowest BCUT2D eigenvalue weighted by molar-refractivity contribution is 0.323. The molecular weight excluding hydrogens is 208 g/mol. The molecule has 5 nitrogen and oxygen atoms in total. The Kier molecular flexibility index (Phi) is 4.39. The number of benzene rings is 1. The maximum Gasteiger partial charge on any atom is 0.203 e. The van der Waals surface area contributed by atoms with Crippen molar-refractivity contribution in [2.45, 2.75) is 6.04 Å². The molecule has 0 bridgehead atoms. The SMILES string of the molecule is COc1cc(C(N)CN)cc(OC)c1OC. The second-order valence-electron chi connectivity index (χ2n) is 3.30. The van der Waals surface area contributed by atoms with Gasteiger partial charge in [-0.3, -0.25) is 0 Å². The predicted octanol–water partition coefficient (Wildman–Crippen LogP) is 0.671. The molecule has 4 N–H and O–H groups in total. The van der Waals surface area contributed by atoms with E-state index >= 15 is 0 Å². The molecule has 0 aromatic heterocycles. The van der Waals surface area contributed by atoms with Gasteiger partial charge in [-0.15, -0.1) is 0 Å². The van der Waals surface area contributed by atoms with Crippen molar-refractivity contribution in [1.29, 1.82) is 0 Å². The molecule has 1 aromatic rings. The second-order valence-corrected chi connectivity index (χ2v) is 3.30. The van der Waals surface area contributed by atoms with Crippen LogP contribution >= 0.6 is 0 Å². The molecule has 0 fully saturated rings. The molecule has 0 radical (unpaired) electrons. The van der Waals surface area contributed by atoms with Crippen LogP contribution in [0.1, 0.15) is 11.6 Å². The van der Waals surface area contributed by atoms with Crippen LogP contribution in [0.15, 0.2) is 12.1 Å². The lowest BCUT2D eigenvalue weighted by Crippen LogP contribution is -2.20. The number of methoxy groups -OCH3 is 3. The average molecular weight is 226 g/mol. The van der Waals surface area contributed by atoms with E-state index < -0.39 is 0 Å². The van der Waals surface area contributed by atoms with Gasteiger partial charge in [-0.1, -0.05) is 0 Å². The van der Waals surface area contributed by atoms with Crippen LogP contribution in [0.4, 0.5) is 0 Å². The smallest absolute Gasteiger partial charge is 0.203 e. The van der Waals surface area contributed by atoms with E-state index in [9.17, 15) is 0 Å². The summed E-state index contributed by atoms with van der Waals surface area (Å²) in [4.78, 5) is 0. The summed E-state index contributed by atoms with van der Waals surface area (Å²) in [5.41, 5.74) is 12.2. The summed E-state index contributed by atoms with van der Waals surface area (Å²) in [7, 11) is 4.69. The molecule has 90 valence electrons. The number of hydrogen-bond donors (Lipinski definition) is 2. The minimum atomic E-state index is -0.242. The summed E-state index contributed by atoms with van der Waals surface area (Å²) >= 11 is 0. The first-order chi connectivity index (χ1) is 7.67. The van der Waals surface area contributed by atoms with Crippen LogP contribution in [0.2, 0.25) is 0 Å². The van der Waals surface area contributed by atoms with Gasteiger partial charge in [0.15, 0.2) is 11.5 Å². The van der Waals surface area contributed by atoms with Crippen molar-refractivity contribution in [3.63, 3.8) is 0 Å². The monoisotopic (exact) mass is 226 g/mol. The lowest BCUT2D eigenvalue weighted by atomic mass is 10.1. The molecule has 16 heavy (non-hydrogen) atoms. The lowest BCUT2D eigenvalue weighted by Gasteiger charge is -2.16. The highest BCUT2D eigenvalue weighted by Crippen LogP contribution is 2.39. The fraction of sp³-hybridized carbons (Fsp3) is 0.455. The summed E-state index contributed by atoms with van der Waals surface area (Å²) in [6, 6.07) is 3.37. The van der Waals surface area contributed by atoms with Crippen molar-refractivity contribution >= 4 is 0 Å². The maximum absolute atomic E-state index is 5.86. The van der Waals surface area contributed by atoms with Crippen LogP contribution in [-0.2, 0) is 0 Å². The third kappa shape index (κ3) is 2.37. The van der Waals surface area contributed by atoms with Crippen molar-refractivity contribution in [3.8, 4) is 17.2 Å². The number of rotatable bonds is 5. The summed E-state index contributed by atoms with van der Waals surface area (Å²) in [6.07, 6.45) is 0. The molecule has 0 aliphatic carbocycles. The Bertz CT molecular complexity index is 330. The molecule has 1 aromatic carbocycles. The molecule has 0 saturated carbocycles. The summed E-state index contributed by atoms with van der Waals surface area (Å²) in [5, 5.41) is 0. The van der Waals surface area contributed by atoms with Crippen LogP contribution in [0, 0.1) is 0 Å². The molecule has 0 spiro atoms. The normalized spacial score (nSPS) is 12.1. The minimum absolute atomic E-state index is 0.242. The molecule has 0 aliphatic heterocycles. The van der Waals surface area contributed by atoms with E-state index in [1.54, 1.807) is 33.5 Å². The fourth-order valence-electron chi connectivity index (χ4n) is 1.45. The highest BCUT2D eigenvalue weighted by atomic mass is 16.5. The third-order valence-corrected chi connectivity index (χ3v) is 2.37. The molecule has 0 saturated heterocycles. The van der Waals surface area contributed by atoms with Crippen molar-refractivity contribution < 1.29 is 14.2 Å². The van der Waals surface area contributed by atoms with E-state index in [0.29, 0.717) is 23.8 Å². The molecule has 1 rings (SSSR count). The Morgan fingerprint density at radius 2 is 1.56 bits per heavy atom. The topological polar surface area (TPSA) is 79.7 Å². The van der Waals surface area contributed by atoms with Gasteiger partial charge in [-0.05, 0) is 17.7 Å². The van der Waals surface area contributed by atoms with Gasteiger partial charge in [-0.2, -0.15) is 0 Å². The highest BCUT2D eigenvalue weighted by Gasteiger charge is 2.15. The van der Waals surface area contributed by atoms with Crippen molar-refractivity contribution in [3.05, 3.63) is 17.7 Å². The van der Waals surface area contributed by atoms with Gasteiger partial charge in [0.1, 0.15) is 0 Å². The second kappa shape index (κ2) is 5.58. The van der Waals surface area contributed by atoms with Crippen molar-refractivity contribution in [2.24, 2.45) is 11.5 Å². The molecule has 0 heterocycles. The predicted molar refractivity (Wildman–Crippen MR) is 62.1 cm³/mol. The molecule has 5 heteroatoms. The summed E-state index contributed by atoms with van der Waals surface area (Å²) in [6.45, 7) is 0.360. The van der Waals surface area contributed by atoms with Gasteiger partial charge < -0.3 is 25.7 Å². The molecule has 1 unspecified atom stereocenters. The molecule has 1 atom stereocenters. The van der Waals surface area contributed by atoms with Gasteiger partial charge in [0.2, 0.25) is 5.75 Å². The molecule has 0 amide bonds. The van der Waals surface area contributed by atoms with Crippen molar-refractivity contribution in [1.82, 2.24) is 0 Å². The van der Waals surface area contributed by atoms with Gasteiger partial charge in [0.25, 0.3) is 0 Å². The average Bonchev–Trinajstić information content (AvgIpc) is 2.35. The first-order valence-electron chi connectivity index (χ1n) is 4.93. The Labute approximate surface area is 95.3 Å². The zero-order valence-corrected chi connectivity index (χ0v) is 9.82. The quantitative estimate of drug-likeness (QED) is 0.771. The van der Waals surface area contributed by atoms with Crippen LogP contribution in [-0.4, -0.2) is 27.9 Å². The highest BCUT2D eigenvalue weighted by molar-refractivity contribution is 5.54. The zero-order chi connectivity index (χ0) is 12.1. The molecular formula is C11H18N2O3. The van der Waals surface area contributed by atoms with Crippen LogP contribution in [0.5, 0.6) is 17.2 Å². The number of hydrogen-bond acceptors (Lipinski definition) is 5. The van der Waals surface area contributed by atoms with Crippen LogP contribution in [0.3, 0.4) is 0 Å². The Hall–Kier alpha value is -1.46. The van der Waals surface area contributed by atoms with E-state index in [0.717, 1.165) is 5.56 Å². The van der Waals surface area contributed by atoms with Crippen LogP contribution in [0.25, 0.3) is 0 Å². The van der Waals surface area contributed by atoms with E-state index in [1.165, 1.54) is 0 Å². The standard InChI is InChI=1S/C11H18N2O3/c1-14-9-4-7(8(13)6-12)5-10(15-2)11(9)16-3/h4-5,8H,6,12-13H2,1-3H3. The Balaban J connectivity index is 3.25. The third-order valence-electron chi connectivity index (χ3n) is 2.37. The van der Waals surface area contributed by atoms with Crippen molar-refractivity contribution in [2.75, 3.05) is 27.9 Å². The van der Waals surface area contributed by atoms with Gasteiger partial charge >= 0.3 is 0 Å². The van der Waals surface area contributed by atoms with E-state index in [1.807, 2.05) is 0 Å². The summed E-state index contributed by atoms with van der Waals surface area (Å²) < 4.78 is 15.6. The van der Waals surface area contributed by atoms with E-state index in [2.05, 4.69) is 0 Å².